The molecule has 0 N–H and O–H groups in total. The first-order valence-electron chi connectivity index (χ1n) is 14.8. The van der Waals surface area contributed by atoms with Gasteiger partial charge in [-0.2, -0.15) is 0 Å². The van der Waals surface area contributed by atoms with E-state index in [1.165, 1.54) is 85.9 Å². The minimum absolute atomic E-state index is 1.24. The Hall–Kier alpha value is -5.24. The van der Waals surface area contributed by atoms with Crippen molar-refractivity contribution in [3.05, 3.63) is 158 Å². The van der Waals surface area contributed by atoms with Gasteiger partial charge in [0.05, 0.1) is 0 Å². The molecule has 0 amide bonds. The molecule has 0 unspecified atom stereocenters. The molecule has 8 aromatic carbocycles. The van der Waals surface area contributed by atoms with Crippen molar-refractivity contribution in [2.24, 2.45) is 0 Å². The average Bonchev–Trinajstić information content (AvgIpc) is 3.48. The van der Waals surface area contributed by atoms with E-state index >= 15 is 0 Å². The summed E-state index contributed by atoms with van der Waals surface area (Å²) in [5.74, 6) is 0. The minimum Gasteiger partial charge on any atom is -0.134 e. The number of rotatable bonds is 3. The van der Waals surface area contributed by atoms with Crippen molar-refractivity contribution in [2.75, 3.05) is 0 Å². The Morgan fingerprint density at radius 2 is 0.860 bits per heavy atom. The summed E-state index contributed by atoms with van der Waals surface area (Å²) in [6.07, 6.45) is 0. The molecule has 0 radical (unpaired) electrons. The summed E-state index contributed by atoms with van der Waals surface area (Å²) in [4.78, 5) is 0. The normalized spacial score (nSPS) is 11.7. The number of hydrogen-bond acceptors (Lipinski definition) is 1. The molecule has 0 spiro atoms. The zero-order chi connectivity index (χ0) is 28.3. The van der Waals surface area contributed by atoms with Crippen LogP contribution in [0.2, 0.25) is 0 Å². The highest BCUT2D eigenvalue weighted by Crippen LogP contribution is 2.45. The second-order valence-electron chi connectivity index (χ2n) is 11.3. The smallest absolute Gasteiger partial charge is 0.0440 e. The molecule has 1 heterocycles. The third kappa shape index (κ3) is 3.97. The molecule has 9 rings (SSSR count). The van der Waals surface area contributed by atoms with Crippen LogP contribution in [0.15, 0.2) is 158 Å². The zero-order valence-corrected chi connectivity index (χ0v) is 24.2. The van der Waals surface area contributed by atoms with Crippen molar-refractivity contribution in [1.29, 1.82) is 0 Å². The van der Waals surface area contributed by atoms with Gasteiger partial charge in [-0.3, -0.25) is 0 Å². The molecule has 0 nitrogen and oxygen atoms in total. The SMILES string of the molecule is c1ccc(-c2ccc3c(c2)sc2c4ccc(-c5ccc(-c6ccc7ccccc7c6)cc5)cc4c4ccccc4c32)cc1. The Morgan fingerprint density at radius 1 is 0.302 bits per heavy atom. The van der Waals surface area contributed by atoms with Gasteiger partial charge < -0.3 is 0 Å². The Balaban J connectivity index is 1.19. The summed E-state index contributed by atoms with van der Waals surface area (Å²) in [6, 6.07) is 57.9. The predicted octanol–water partition coefficient (Wildman–Crippen LogP) is 12.5. The summed E-state index contributed by atoms with van der Waals surface area (Å²) in [7, 11) is 0. The van der Waals surface area contributed by atoms with Crippen molar-refractivity contribution in [2.45, 2.75) is 0 Å². The number of hydrogen-bond donors (Lipinski definition) is 0. The van der Waals surface area contributed by atoms with Gasteiger partial charge >= 0.3 is 0 Å². The van der Waals surface area contributed by atoms with Gasteiger partial charge in [0, 0.05) is 25.6 Å². The van der Waals surface area contributed by atoms with Gasteiger partial charge in [0.25, 0.3) is 0 Å². The lowest BCUT2D eigenvalue weighted by atomic mass is 9.93. The topological polar surface area (TPSA) is 0 Å². The lowest BCUT2D eigenvalue weighted by Crippen LogP contribution is -1.84. The standard InChI is InChI=1S/C42H26S/c1-2-8-27(9-3-1)34-21-23-38-40(26-34)43-42-37-22-20-33(25-39(37)35-12-6-7-13-36(35)41(38)42)30-16-14-29(15-17-30)32-19-18-28-10-4-5-11-31(28)24-32/h1-26H. The molecule has 0 aliphatic heterocycles. The maximum Gasteiger partial charge on any atom is 0.0440 e. The van der Waals surface area contributed by atoms with Gasteiger partial charge in [0.1, 0.15) is 0 Å². The van der Waals surface area contributed by atoms with Crippen LogP contribution >= 0.6 is 11.3 Å². The Morgan fingerprint density at radius 3 is 1.65 bits per heavy atom. The third-order valence-corrected chi connectivity index (χ3v) is 10.0. The maximum atomic E-state index is 2.39. The Labute approximate surface area is 254 Å². The first-order chi connectivity index (χ1) is 21.3. The minimum atomic E-state index is 1.24. The molecule has 0 saturated carbocycles. The first kappa shape index (κ1) is 24.4. The van der Waals surface area contributed by atoms with E-state index in [0.717, 1.165) is 0 Å². The van der Waals surface area contributed by atoms with Crippen LogP contribution in [0.5, 0.6) is 0 Å². The Kier molecular flexibility index (Phi) is 5.47. The van der Waals surface area contributed by atoms with Crippen LogP contribution in [0.25, 0.3) is 85.9 Å². The second kappa shape index (κ2) is 9.66. The molecule has 0 bridgehead atoms. The van der Waals surface area contributed by atoms with Gasteiger partial charge in [-0.15, -0.1) is 11.3 Å². The van der Waals surface area contributed by atoms with Gasteiger partial charge in [0.15, 0.2) is 0 Å². The maximum absolute atomic E-state index is 2.39. The summed E-state index contributed by atoms with van der Waals surface area (Å²) < 4.78 is 2.70. The molecule has 0 saturated heterocycles. The first-order valence-corrected chi connectivity index (χ1v) is 15.6. The quantitative estimate of drug-likeness (QED) is 0.188. The summed E-state index contributed by atoms with van der Waals surface area (Å²) in [5, 5.41) is 10.5. The lowest BCUT2D eigenvalue weighted by Gasteiger charge is -2.11. The van der Waals surface area contributed by atoms with Crippen molar-refractivity contribution >= 4 is 63.8 Å². The van der Waals surface area contributed by atoms with E-state index in [1.54, 1.807) is 0 Å². The molecule has 0 aliphatic rings. The summed E-state index contributed by atoms with van der Waals surface area (Å²) in [6.45, 7) is 0. The molecule has 0 atom stereocenters. The van der Waals surface area contributed by atoms with Crippen LogP contribution in [0.3, 0.4) is 0 Å². The van der Waals surface area contributed by atoms with E-state index in [2.05, 4.69) is 158 Å². The van der Waals surface area contributed by atoms with Gasteiger partial charge in [-0.1, -0.05) is 140 Å². The van der Waals surface area contributed by atoms with Crippen molar-refractivity contribution < 1.29 is 0 Å². The van der Waals surface area contributed by atoms with Crippen LogP contribution in [-0.4, -0.2) is 0 Å². The molecule has 9 aromatic rings. The van der Waals surface area contributed by atoms with Crippen LogP contribution in [0, 0.1) is 0 Å². The van der Waals surface area contributed by atoms with Gasteiger partial charge in [0.2, 0.25) is 0 Å². The molecule has 43 heavy (non-hydrogen) atoms. The van der Waals surface area contributed by atoms with E-state index in [9.17, 15) is 0 Å². The van der Waals surface area contributed by atoms with Crippen molar-refractivity contribution in [3.8, 4) is 33.4 Å². The second-order valence-corrected chi connectivity index (χ2v) is 12.4. The van der Waals surface area contributed by atoms with E-state index in [4.69, 9.17) is 0 Å². The monoisotopic (exact) mass is 562 g/mol. The fourth-order valence-electron chi connectivity index (χ4n) is 6.67. The molecule has 1 aromatic heterocycles. The third-order valence-electron chi connectivity index (χ3n) is 8.85. The van der Waals surface area contributed by atoms with E-state index in [0.29, 0.717) is 0 Å². The summed E-state index contributed by atoms with van der Waals surface area (Å²) >= 11 is 1.92. The molecular weight excluding hydrogens is 537 g/mol. The van der Waals surface area contributed by atoms with Crippen molar-refractivity contribution in [1.82, 2.24) is 0 Å². The highest BCUT2D eigenvalue weighted by Gasteiger charge is 2.15. The Bertz CT molecular complexity index is 2480. The van der Waals surface area contributed by atoms with Crippen LogP contribution in [0.4, 0.5) is 0 Å². The fourth-order valence-corrected chi connectivity index (χ4v) is 7.96. The lowest BCUT2D eigenvalue weighted by molar-refractivity contribution is 1.62. The number of thiophene rings is 1. The van der Waals surface area contributed by atoms with Gasteiger partial charge in [-0.25, -0.2) is 0 Å². The van der Waals surface area contributed by atoms with Crippen LogP contribution in [0.1, 0.15) is 0 Å². The number of benzene rings is 8. The highest BCUT2D eigenvalue weighted by atomic mass is 32.1. The molecule has 1 heteroatoms. The summed E-state index contributed by atoms with van der Waals surface area (Å²) in [5.41, 5.74) is 7.49. The van der Waals surface area contributed by atoms with Crippen LogP contribution in [-0.2, 0) is 0 Å². The van der Waals surface area contributed by atoms with Crippen LogP contribution < -0.4 is 0 Å². The number of fused-ring (bicyclic) bond motifs is 9. The molecule has 0 aliphatic carbocycles. The molecule has 0 fully saturated rings. The largest absolute Gasteiger partial charge is 0.134 e. The average molecular weight is 563 g/mol. The highest BCUT2D eigenvalue weighted by molar-refractivity contribution is 7.27. The van der Waals surface area contributed by atoms with E-state index in [1.807, 2.05) is 11.3 Å². The van der Waals surface area contributed by atoms with E-state index in [-0.39, 0.29) is 0 Å². The molecular formula is C42H26S. The molecule has 200 valence electrons. The van der Waals surface area contributed by atoms with Crippen molar-refractivity contribution in [3.63, 3.8) is 0 Å². The van der Waals surface area contributed by atoms with Gasteiger partial charge in [-0.05, 0) is 78.5 Å². The van der Waals surface area contributed by atoms with E-state index < -0.39 is 0 Å². The zero-order valence-electron chi connectivity index (χ0n) is 23.4. The predicted molar refractivity (Wildman–Crippen MR) is 188 cm³/mol. The fraction of sp³-hybridized carbons (Fsp3) is 0.